The Kier molecular flexibility index (Phi) is 5.22. The summed E-state index contributed by atoms with van der Waals surface area (Å²) in [6.45, 7) is 0.589. The van der Waals surface area contributed by atoms with Crippen LogP contribution in [0.5, 0.6) is 11.5 Å². The van der Waals surface area contributed by atoms with Gasteiger partial charge in [-0.25, -0.2) is 8.42 Å². The number of nitrogens with one attached hydrogen (secondary N) is 1. The highest BCUT2D eigenvalue weighted by molar-refractivity contribution is 7.91. The summed E-state index contributed by atoms with van der Waals surface area (Å²) < 4.78 is 43.0. The summed E-state index contributed by atoms with van der Waals surface area (Å²) in [4.78, 5) is 16.3. The lowest BCUT2D eigenvalue weighted by atomic mass is 10.2. The highest BCUT2D eigenvalue weighted by atomic mass is 32.2. The average Bonchev–Trinajstić information content (AvgIpc) is 3.28. The number of pyridine rings is 1. The third kappa shape index (κ3) is 3.95. The first-order valence-electron chi connectivity index (χ1n) is 8.91. The van der Waals surface area contributed by atoms with Gasteiger partial charge in [-0.05, 0) is 36.4 Å². The highest BCUT2D eigenvalue weighted by Crippen LogP contribution is 2.36. The van der Waals surface area contributed by atoms with E-state index < -0.39 is 21.0 Å². The van der Waals surface area contributed by atoms with Gasteiger partial charge < -0.3 is 19.2 Å². The topological polar surface area (TPSA) is 108 Å². The fourth-order valence-electron chi connectivity index (χ4n) is 2.99. The lowest BCUT2D eigenvalue weighted by molar-refractivity contribution is 0.0953. The zero-order valence-electron chi connectivity index (χ0n) is 15.3. The molecule has 0 fully saturated rings. The molecule has 1 amide bonds. The predicted molar refractivity (Wildman–Crippen MR) is 103 cm³/mol. The van der Waals surface area contributed by atoms with Gasteiger partial charge in [-0.2, -0.15) is 0 Å². The van der Waals surface area contributed by atoms with E-state index in [2.05, 4.69) is 10.3 Å². The molecule has 0 saturated carbocycles. The van der Waals surface area contributed by atoms with E-state index in [0.29, 0.717) is 30.3 Å². The van der Waals surface area contributed by atoms with Gasteiger partial charge >= 0.3 is 0 Å². The number of hydrogen-bond donors (Lipinski definition) is 1. The molecule has 9 heteroatoms. The van der Waals surface area contributed by atoms with Crippen molar-refractivity contribution in [2.75, 3.05) is 19.8 Å². The first-order valence-corrected chi connectivity index (χ1v) is 10.5. The van der Waals surface area contributed by atoms with Crippen LogP contribution in [0.2, 0.25) is 0 Å². The number of nitrogens with zero attached hydrogens (tertiary/aromatic N) is 1. The molecule has 2 aromatic heterocycles. The number of aromatic nitrogens is 1. The Morgan fingerprint density at radius 3 is 2.66 bits per heavy atom. The SMILES string of the molecule is O=C(NC[C@H](c1ccco1)S(=O)(=O)c1ccc2c(c1)OCCO2)c1cccnc1. The first-order chi connectivity index (χ1) is 14.1. The minimum atomic E-state index is -3.90. The van der Waals surface area contributed by atoms with Crippen molar-refractivity contribution in [2.24, 2.45) is 0 Å². The van der Waals surface area contributed by atoms with Crippen molar-refractivity contribution in [3.63, 3.8) is 0 Å². The Bertz CT molecular complexity index is 1100. The van der Waals surface area contributed by atoms with E-state index >= 15 is 0 Å². The molecule has 1 atom stereocenters. The number of hydrogen-bond acceptors (Lipinski definition) is 7. The van der Waals surface area contributed by atoms with Gasteiger partial charge in [-0.3, -0.25) is 9.78 Å². The predicted octanol–water partition coefficient (Wildman–Crippen LogP) is 2.39. The molecule has 3 heterocycles. The maximum atomic E-state index is 13.3. The van der Waals surface area contributed by atoms with E-state index in [0.717, 1.165) is 0 Å². The van der Waals surface area contributed by atoms with Crippen LogP contribution in [0, 0.1) is 0 Å². The lowest BCUT2D eigenvalue weighted by Gasteiger charge is -2.21. The molecule has 1 aromatic carbocycles. The third-order valence-electron chi connectivity index (χ3n) is 4.45. The van der Waals surface area contributed by atoms with Crippen molar-refractivity contribution in [2.45, 2.75) is 10.1 Å². The number of furan rings is 1. The van der Waals surface area contributed by atoms with E-state index in [1.807, 2.05) is 0 Å². The number of fused-ring (bicyclic) bond motifs is 1. The summed E-state index contributed by atoms with van der Waals surface area (Å²) in [5.41, 5.74) is 0.336. The average molecular weight is 414 g/mol. The summed E-state index contributed by atoms with van der Waals surface area (Å²) in [6, 6.07) is 10.9. The van der Waals surface area contributed by atoms with Gasteiger partial charge in [-0.1, -0.05) is 0 Å². The van der Waals surface area contributed by atoms with Gasteiger partial charge in [0, 0.05) is 25.0 Å². The monoisotopic (exact) mass is 414 g/mol. The van der Waals surface area contributed by atoms with E-state index in [4.69, 9.17) is 13.9 Å². The Hall–Kier alpha value is -3.33. The van der Waals surface area contributed by atoms with Crippen molar-refractivity contribution in [1.82, 2.24) is 10.3 Å². The number of carbonyl (C=O) groups is 1. The summed E-state index contributed by atoms with van der Waals surface area (Å²) in [6.07, 6.45) is 4.35. The highest BCUT2D eigenvalue weighted by Gasteiger charge is 2.33. The molecule has 3 aromatic rings. The van der Waals surface area contributed by atoms with Crippen LogP contribution in [0.4, 0.5) is 0 Å². The van der Waals surface area contributed by atoms with Crippen molar-refractivity contribution in [3.8, 4) is 11.5 Å². The van der Waals surface area contributed by atoms with Crippen LogP contribution in [0.15, 0.2) is 70.4 Å². The smallest absolute Gasteiger partial charge is 0.252 e. The quantitative estimate of drug-likeness (QED) is 0.660. The maximum absolute atomic E-state index is 13.3. The summed E-state index contributed by atoms with van der Waals surface area (Å²) in [5.74, 6) is 0.669. The van der Waals surface area contributed by atoms with E-state index in [9.17, 15) is 13.2 Å². The molecule has 4 rings (SSSR count). The van der Waals surface area contributed by atoms with Gasteiger partial charge in [0.1, 0.15) is 24.2 Å². The molecule has 0 spiro atoms. The number of sulfone groups is 1. The molecule has 29 heavy (non-hydrogen) atoms. The Morgan fingerprint density at radius 2 is 1.93 bits per heavy atom. The first kappa shape index (κ1) is 19.0. The molecule has 0 bridgehead atoms. The minimum absolute atomic E-state index is 0.0544. The van der Waals surface area contributed by atoms with Gasteiger partial charge in [-0.15, -0.1) is 0 Å². The molecule has 0 saturated heterocycles. The maximum Gasteiger partial charge on any atom is 0.252 e. The number of ether oxygens (including phenoxy) is 2. The molecule has 1 aliphatic rings. The van der Waals surface area contributed by atoms with E-state index in [-0.39, 0.29) is 17.2 Å². The molecule has 8 nitrogen and oxygen atoms in total. The fraction of sp³-hybridized carbons (Fsp3) is 0.200. The van der Waals surface area contributed by atoms with Crippen molar-refractivity contribution < 1.29 is 27.1 Å². The summed E-state index contributed by atoms with van der Waals surface area (Å²) in [7, 11) is -3.90. The number of benzene rings is 1. The Labute approximate surface area is 167 Å². The van der Waals surface area contributed by atoms with Crippen LogP contribution in [0.3, 0.4) is 0 Å². The largest absolute Gasteiger partial charge is 0.486 e. The molecule has 0 unspecified atom stereocenters. The van der Waals surface area contributed by atoms with Crippen molar-refractivity contribution in [3.05, 3.63) is 72.4 Å². The standard InChI is InChI=1S/C20H18N2O6S/c23-20(14-3-1-7-21-12-14)22-13-19(17-4-2-8-26-17)29(24,25)15-5-6-16-18(11-15)28-10-9-27-16/h1-8,11-12,19H,9-10,13H2,(H,22,23)/t19-/m1/s1. The second-order valence-electron chi connectivity index (χ2n) is 6.31. The van der Waals surface area contributed by atoms with Crippen molar-refractivity contribution in [1.29, 1.82) is 0 Å². The van der Waals surface area contributed by atoms with Crippen LogP contribution >= 0.6 is 0 Å². The van der Waals surface area contributed by atoms with Crippen molar-refractivity contribution >= 4 is 15.7 Å². The van der Waals surface area contributed by atoms with Crippen LogP contribution in [0.25, 0.3) is 0 Å². The number of carbonyl (C=O) groups excluding carboxylic acids is 1. The normalized spacial score (nSPS) is 14.2. The van der Waals surface area contributed by atoms with Gasteiger partial charge in [0.05, 0.1) is 16.7 Å². The molecular weight excluding hydrogens is 396 g/mol. The molecule has 0 aliphatic carbocycles. The minimum Gasteiger partial charge on any atom is -0.486 e. The van der Waals surface area contributed by atoms with E-state index in [1.165, 1.54) is 24.6 Å². The summed E-state index contributed by atoms with van der Waals surface area (Å²) in [5, 5.41) is 1.54. The Morgan fingerprint density at radius 1 is 1.10 bits per heavy atom. The van der Waals surface area contributed by atoms with Gasteiger partial charge in [0.25, 0.3) is 5.91 Å². The van der Waals surface area contributed by atoms with Gasteiger partial charge in [0.15, 0.2) is 21.3 Å². The summed E-state index contributed by atoms with van der Waals surface area (Å²) >= 11 is 0. The second-order valence-corrected chi connectivity index (χ2v) is 8.44. The number of amides is 1. The molecule has 1 N–H and O–H groups in total. The van der Waals surface area contributed by atoms with Gasteiger partial charge in [0.2, 0.25) is 0 Å². The zero-order chi connectivity index (χ0) is 20.3. The Balaban J connectivity index is 1.62. The molecular formula is C20H18N2O6S. The van der Waals surface area contributed by atoms with Crippen LogP contribution < -0.4 is 14.8 Å². The van der Waals surface area contributed by atoms with Crippen LogP contribution in [0.1, 0.15) is 21.4 Å². The number of rotatable bonds is 6. The molecule has 1 aliphatic heterocycles. The molecule has 0 radical (unpaired) electrons. The van der Waals surface area contributed by atoms with E-state index in [1.54, 1.807) is 36.5 Å². The fourth-order valence-corrected chi connectivity index (χ4v) is 4.59. The van der Waals surface area contributed by atoms with Crippen LogP contribution in [-0.4, -0.2) is 39.1 Å². The lowest BCUT2D eigenvalue weighted by Crippen LogP contribution is -2.32. The zero-order valence-corrected chi connectivity index (χ0v) is 16.1. The molecule has 150 valence electrons. The van der Waals surface area contributed by atoms with Crippen LogP contribution in [-0.2, 0) is 9.84 Å². The second kappa shape index (κ2) is 7.96. The third-order valence-corrected chi connectivity index (χ3v) is 6.51.